The molecule has 1 aliphatic carbocycles. The third-order valence-electron chi connectivity index (χ3n) is 9.95. The molecule has 1 saturated heterocycles. The summed E-state index contributed by atoms with van der Waals surface area (Å²) in [6.07, 6.45) is 7.08. The van der Waals surface area contributed by atoms with E-state index in [0.717, 1.165) is 32.2 Å². The molecule has 0 spiro atoms. The molecule has 1 aromatic carbocycles. The maximum absolute atomic E-state index is 16.0. The van der Waals surface area contributed by atoms with Crippen LogP contribution in [-0.4, -0.2) is 50.8 Å². The fraction of sp³-hybridized carbons (Fsp3) is 0.576. The van der Waals surface area contributed by atoms with Crippen molar-refractivity contribution < 1.29 is 18.3 Å². The van der Waals surface area contributed by atoms with Crippen LogP contribution in [0.3, 0.4) is 0 Å². The molecule has 7 rings (SSSR count). The van der Waals surface area contributed by atoms with Crippen LogP contribution in [0.5, 0.6) is 0 Å². The Morgan fingerprint density at radius 3 is 2.52 bits per heavy atom. The van der Waals surface area contributed by atoms with Gasteiger partial charge in [-0.15, -0.1) is 0 Å². The zero-order valence-corrected chi connectivity index (χ0v) is 25.0. The summed E-state index contributed by atoms with van der Waals surface area (Å²) in [6, 6.07) is 6.77. The third kappa shape index (κ3) is 5.47. The Bertz CT molecular complexity index is 1620. The van der Waals surface area contributed by atoms with Crippen LogP contribution in [0.4, 0.5) is 19.0 Å². The molecule has 8 bridgehead atoms. The first-order valence-corrected chi connectivity index (χ1v) is 15.8. The summed E-state index contributed by atoms with van der Waals surface area (Å²) in [6.45, 7) is 3.33. The average molecular weight is 609 g/mol. The molecule has 44 heavy (non-hydrogen) atoms. The molecular weight excluding hydrogens is 569 g/mol. The van der Waals surface area contributed by atoms with Gasteiger partial charge in [0.05, 0.1) is 41.1 Å². The SMILES string of the molecule is C[C@H]1Nc2ncnc3c2cc(C2(C#N)CC2)c(=O)n3C(CO)CCCCCCN2CCC(CC2)C(F)(F)c2cccc1c2F. The standard InChI is InChI=1S/C33H39F3N6O2/c1-21-24-8-6-9-26(28(24)34)33(35,36)22-10-15-41(16-11-22)14-5-3-2-4-7-23(18-43)42-30-25(29(40-21)38-20-39-30)17-27(31(42)44)32(19-37)12-13-32/h6,8-9,17,20-23,43H,2-5,7,10-16,18H2,1H3,(H,38,39,40)/t21-,23?/m1/s1. The van der Waals surface area contributed by atoms with E-state index in [4.69, 9.17) is 0 Å². The molecule has 1 unspecified atom stereocenters. The number of halogens is 3. The summed E-state index contributed by atoms with van der Waals surface area (Å²) >= 11 is 0. The fourth-order valence-corrected chi connectivity index (χ4v) is 7.04. The van der Waals surface area contributed by atoms with Crippen molar-refractivity contribution in [3.63, 3.8) is 0 Å². The maximum atomic E-state index is 16.0. The van der Waals surface area contributed by atoms with E-state index in [9.17, 15) is 15.2 Å². The number of pyridine rings is 1. The number of piperidine rings is 1. The maximum Gasteiger partial charge on any atom is 0.278 e. The highest BCUT2D eigenvalue weighted by Gasteiger charge is 2.48. The number of nitrogens with zero attached hydrogens (tertiary/aromatic N) is 5. The van der Waals surface area contributed by atoms with E-state index in [0.29, 0.717) is 61.8 Å². The molecule has 11 heteroatoms. The fourth-order valence-electron chi connectivity index (χ4n) is 7.04. The summed E-state index contributed by atoms with van der Waals surface area (Å²) in [5, 5.41) is 24.1. The van der Waals surface area contributed by atoms with E-state index in [1.807, 2.05) is 0 Å². The summed E-state index contributed by atoms with van der Waals surface area (Å²) < 4.78 is 49.1. The highest BCUT2D eigenvalue weighted by atomic mass is 19.3. The van der Waals surface area contributed by atoms with Crippen LogP contribution in [0.2, 0.25) is 0 Å². The number of aliphatic hydroxyl groups is 1. The summed E-state index contributed by atoms with van der Waals surface area (Å²) in [4.78, 5) is 25.0. The first-order chi connectivity index (χ1) is 21.2. The van der Waals surface area contributed by atoms with Crippen molar-refractivity contribution in [3.8, 4) is 6.07 Å². The minimum atomic E-state index is -3.31. The van der Waals surface area contributed by atoms with E-state index in [-0.39, 0.29) is 23.5 Å². The molecule has 3 aromatic rings. The molecule has 4 aliphatic rings. The summed E-state index contributed by atoms with van der Waals surface area (Å²) in [7, 11) is 0. The number of aromatic nitrogens is 3. The number of hydrogen-bond acceptors (Lipinski definition) is 7. The lowest BCUT2D eigenvalue weighted by Crippen LogP contribution is -2.40. The van der Waals surface area contributed by atoms with Crippen molar-refractivity contribution in [1.29, 1.82) is 5.26 Å². The summed E-state index contributed by atoms with van der Waals surface area (Å²) in [5.74, 6) is -4.90. The second-order valence-corrected chi connectivity index (χ2v) is 12.7. The van der Waals surface area contributed by atoms with Gasteiger partial charge in [0.25, 0.3) is 11.5 Å². The predicted octanol–water partition coefficient (Wildman–Crippen LogP) is 5.96. The first kappa shape index (κ1) is 30.5. The van der Waals surface area contributed by atoms with Crippen LogP contribution >= 0.6 is 0 Å². The summed E-state index contributed by atoms with van der Waals surface area (Å²) in [5.41, 5.74) is -1.16. The molecule has 0 radical (unpaired) electrons. The lowest BCUT2D eigenvalue weighted by Gasteiger charge is -2.36. The van der Waals surface area contributed by atoms with E-state index < -0.39 is 40.7 Å². The molecule has 2 fully saturated rings. The molecule has 8 nitrogen and oxygen atoms in total. The van der Waals surface area contributed by atoms with Gasteiger partial charge in [-0.2, -0.15) is 5.26 Å². The van der Waals surface area contributed by atoms with Gasteiger partial charge >= 0.3 is 0 Å². The number of hydrogen-bond donors (Lipinski definition) is 2. The molecule has 234 valence electrons. The number of alkyl halides is 2. The minimum Gasteiger partial charge on any atom is -0.394 e. The monoisotopic (exact) mass is 608 g/mol. The highest BCUT2D eigenvalue weighted by molar-refractivity contribution is 5.87. The topological polar surface area (TPSA) is 107 Å². The zero-order chi connectivity index (χ0) is 31.1. The van der Waals surface area contributed by atoms with Crippen molar-refractivity contribution >= 4 is 16.9 Å². The number of rotatable bonds is 2. The Labute approximate surface area is 254 Å². The van der Waals surface area contributed by atoms with Crippen molar-refractivity contribution in [1.82, 2.24) is 19.4 Å². The largest absolute Gasteiger partial charge is 0.394 e. The van der Waals surface area contributed by atoms with Gasteiger partial charge in [-0.1, -0.05) is 37.5 Å². The van der Waals surface area contributed by atoms with Gasteiger partial charge in [0.2, 0.25) is 0 Å². The van der Waals surface area contributed by atoms with Gasteiger partial charge in [0.15, 0.2) is 0 Å². The molecule has 2 N–H and O–H groups in total. The molecule has 2 aromatic heterocycles. The van der Waals surface area contributed by atoms with Gasteiger partial charge in [0, 0.05) is 17.0 Å². The zero-order valence-electron chi connectivity index (χ0n) is 25.0. The van der Waals surface area contributed by atoms with Crippen LogP contribution in [0.25, 0.3) is 11.0 Å². The number of nitriles is 1. The van der Waals surface area contributed by atoms with Crippen molar-refractivity contribution in [3.05, 3.63) is 63.5 Å². The number of anilines is 1. The smallest absolute Gasteiger partial charge is 0.278 e. The lowest BCUT2D eigenvalue weighted by atomic mass is 9.85. The molecule has 2 atom stereocenters. The molecule has 1 saturated carbocycles. The van der Waals surface area contributed by atoms with Crippen molar-refractivity contribution in [2.24, 2.45) is 5.92 Å². The van der Waals surface area contributed by atoms with Crippen LogP contribution in [0.1, 0.15) is 93.5 Å². The third-order valence-corrected chi connectivity index (χ3v) is 9.95. The average Bonchev–Trinajstić information content (AvgIpc) is 3.82. The van der Waals surface area contributed by atoms with Gasteiger partial charge < -0.3 is 15.3 Å². The Kier molecular flexibility index (Phi) is 8.42. The Hall–Kier alpha value is -3.49. The van der Waals surface area contributed by atoms with Crippen LogP contribution in [0.15, 0.2) is 35.4 Å². The van der Waals surface area contributed by atoms with Gasteiger partial charge in [-0.3, -0.25) is 9.36 Å². The van der Waals surface area contributed by atoms with Crippen molar-refractivity contribution in [2.45, 2.75) is 88.1 Å². The van der Waals surface area contributed by atoms with E-state index in [2.05, 4.69) is 26.3 Å². The van der Waals surface area contributed by atoms with E-state index in [1.54, 1.807) is 13.0 Å². The van der Waals surface area contributed by atoms with Crippen molar-refractivity contribution in [2.75, 3.05) is 31.6 Å². The highest BCUT2D eigenvalue weighted by Crippen LogP contribution is 2.47. The second-order valence-electron chi connectivity index (χ2n) is 12.7. The Morgan fingerprint density at radius 1 is 1.07 bits per heavy atom. The number of nitrogens with one attached hydrogen (secondary N) is 1. The molecule has 3 aliphatic heterocycles. The van der Waals surface area contributed by atoms with Crippen LogP contribution < -0.4 is 10.9 Å². The first-order valence-electron chi connectivity index (χ1n) is 15.8. The van der Waals surface area contributed by atoms with Crippen LogP contribution in [0, 0.1) is 23.1 Å². The number of fused-ring (bicyclic) bond motifs is 9. The lowest BCUT2D eigenvalue weighted by molar-refractivity contribution is -0.0880. The number of benzene rings is 1. The quantitative estimate of drug-likeness (QED) is 0.370. The molecule has 5 heterocycles. The molecule has 0 amide bonds. The van der Waals surface area contributed by atoms with E-state index in [1.165, 1.54) is 29.1 Å². The van der Waals surface area contributed by atoms with Gasteiger partial charge in [-0.25, -0.2) is 23.1 Å². The number of aliphatic hydroxyl groups excluding tert-OH is 1. The van der Waals surface area contributed by atoms with Gasteiger partial charge in [-0.05, 0) is 71.1 Å². The normalized spacial score (nSPS) is 26.8. The van der Waals surface area contributed by atoms with Gasteiger partial charge in [0.1, 0.15) is 23.6 Å². The minimum absolute atomic E-state index is 0.0785. The molecular formula is C33H39F3N6O2. The van der Waals surface area contributed by atoms with E-state index >= 15 is 13.2 Å². The Morgan fingerprint density at radius 2 is 1.82 bits per heavy atom. The predicted molar refractivity (Wildman–Crippen MR) is 161 cm³/mol. The second kappa shape index (κ2) is 12.1. The Balaban J connectivity index is 1.47. The van der Waals surface area contributed by atoms with Crippen LogP contribution in [-0.2, 0) is 11.3 Å².